The summed E-state index contributed by atoms with van der Waals surface area (Å²) >= 11 is 0. The standard InChI is InChI=1S/C18H16N2O3/c1-19(11-12-6-4-3-5-7-12)16(21)13-8-9-14-15(10-13)18(23)20(2)17(14)22/h3-10H,11H2,1-2H3. The van der Waals surface area contributed by atoms with E-state index in [-0.39, 0.29) is 23.3 Å². The predicted molar refractivity (Wildman–Crippen MR) is 85.1 cm³/mol. The Morgan fingerprint density at radius 1 is 1.00 bits per heavy atom. The first-order valence-electron chi connectivity index (χ1n) is 7.25. The zero-order valence-electron chi connectivity index (χ0n) is 12.9. The Balaban J connectivity index is 1.84. The fourth-order valence-electron chi connectivity index (χ4n) is 2.64. The molecule has 0 fully saturated rings. The lowest BCUT2D eigenvalue weighted by Gasteiger charge is -2.17. The fraction of sp³-hybridized carbons (Fsp3) is 0.167. The second-order valence-electron chi connectivity index (χ2n) is 5.58. The van der Waals surface area contributed by atoms with Crippen molar-refractivity contribution in [2.24, 2.45) is 0 Å². The number of hydrogen-bond acceptors (Lipinski definition) is 3. The number of fused-ring (bicyclic) bond motifs is 1. The van der Waals surface area contributed by atoms with E-state index in [1.54, 1.807) is 24.1 Å². The Bertz CT molecular complexity index is 799. The van der Waals surface area contributed by atoms with Gasteiger partial charge in [0.1, 0.15) is 0 Å². The fourth-order valence-corrected chi connectivity index (χ4v) is 2.64. The zero-order chi connectivity index (χ0) is 16.6. The van der Waals surface area contributed by atoms with Crippen LogP contribution < -0.4 is 0 Å². The first kappa shape index (κ1) is 15.0. The van der Waals surface area contributed by atoms with E-state index in [2.05, 4.69) is 0 Å². The number of nitrogens with zero attached hydrogens (tertiary/aromatic N) is 2. The maximum absolute atomic E-state index is 12.5. The Morgan fingerprint density at radius 2 is 1.65 bits per heavy atom. The van der Waals surface area contributed by atoms with Crippen LogP contribution in [0.3, 0.4) is 0 Å². The smallest absolute Gasteiger partial charge is 0.261 e. The molecular weight excluding hydrogens is 292 g/mol. The van der Waals surface area contributed by atoms with Crippen LogP contribution in [-0.4, -0.2) is 41.6 Å². The molecule has 1 heterocycles. The van der Waals surface area contributed by atoms with Gasteiger partial charge in [-0.05, 0) is 23.8 Å². The molecule has 2 aromatic carbocycles. The van der Waals surface area contributed by atoms with E-state index in [4.69, 9.17) is 0 Å². The first-order chi connectivity index (χ1) is 11.0. The number of carbonyl (C=O) groups is 3. The number of rotatable bonds is 3. The van der Waals surface area contributed by atoms with E-state index in [9.17, 15) is 14.4 Å². The summed E-state index contributed by atoms with van der Waals surface area (Å²) in [5, 5.41) is 0. The van der Waals surface area contributed by atoms with Crippen molar-refractivity contribution < 1.29 is 14.4 Å². The lowest BCUT2D eigenvalue weighted by atomic mass is 10.0. The second kappa shape index (κ2) is 5.68. The van der Waals surface area contributed by atoms with E-state index in [1.807, 2.05) is 30.3 Å². The van der Waals surface area contributed by atoms with Gasteiger partial charge in [-0.15, -0.1) is 0 Å². The van der Waals surface area contributed by atoms with Crippen LogP contribution in [0.2, 0.25) is 0 Å². The Hall–Kier alpha value is -2.95. The minimum absolute atomic E-state index is 0.188. The van der Waals surface area contributed by atoms with Gasteiger partial charge in [0.25, 0.3) is 17.7 Å². The van der Waals surface area contributed by atoms with Crippen molar-refractivity contribution in [1.82, 2.24) is 9.80 Å². The van der Waals surface area contributed by atoms with Gasteiger partial charge < -0.3 is 4.90 Å². The van der Waals surface area contributed by atoms with E-state index >= 15 is 0 Å². The molecule has 0 aromatic heterocycles. The summed E-state index contributed by atoms with van der Waals surface area (Å²) < 4.78 is 0. The van der Waals surface area contributed by atoms with Crippen molar-refractivity contribution in [3.05, 3.63) is 70.8 Å². The van der Waals surface area contributed by atoms with Gasteiger partial charge in [0.15, 0.2) is 0 Å². The zero-order valence-corrected chi connectivity index (χ0v) is 12.9. The number of carbonyl (C=O) groups excluding carboxylic acids is 3. The van der Waals surface area contributed by atoms with Crippen molar-refractivity contribution in [2.45, 2.75) is 6.54 Å². The summed E-state index contributed by atoms with van der Waals surface area (Å²) in [5.41, 5.74) is 2.06. The summed E-state index contributed by atoms with van der Waals surface area (Å²) in [6.07, 6.45) is 0. The normalized spacial score (nSPS) is 13.2. The number of imide groups is 1. The molecule has 0 atom stereocenters. The molecule has 116 valence electrons. The lowest BCUT2D eigenvalue weighted by molar-refractivity contribution is 0.0692. The van der Waals surface area contributed by atoms with Crippen LogP contribution in [-0.2, 0) is 6.54 Å². The van der Waals surface area contributed by atoms with Crippen molar-refractivity contribution >= 4 is 17.7 Å². The van der Waals surface area contributed by atoms with Gasteiger partial charge in [0, 0.05) is 26.2 Å². The van der Waals surface area contributed by atoms with E-state index in [0.717, 1.165) is 10.5 Å². The van der Waals surface area contributed by atoms with Gasteiger partial charge in [0.2, 0.25) is 0 Å². The molecule has 2 aromatic rings. The van der Waals surface area contributed by atoms with Gasteiger partial charge in [-0.1, -0.05) is 30.3 Å². The average molecular weight is 308 g/mol. The molecule has 1 aliphatic heterocycles. The molecule has 23 heavy (non-hydrogen) atoms. The summed E-state index contributed by atoms with van der Waals surface area (Å²) in [6, 6.07) is 14.3. The highest BCUT2D eigenvalue weighted by molar-refractivity contribution is 6.21. The molecule has 0 saturated carbocycles. The molecule has 1 aliphatic rings. The number of hydrogen-bond donors (Lipinski definition) is 0. The summed E-state index contributed by atoms with van der Waals surface area (Å²) in [7, 11) is 3.15. The lowest BCUT2D eigenvalue weighted by Crippen LogP contribution is -2.26. The molecule has 0 saturated heterocycles. The third kappa shape index (κ3) is 2.61. The van der Waals surface area contributed by atoms with E-state index in [1.165, 1.54) is 13.1 Å². The molecular formula is C18H16N2O3. The van der Waals surface area contributed by atoms with Crippen LogP contribution in [0.4, 0.5) is 0 Å². The van der Waals surface area contributed by atoms with Gasteiger partial charge >= 0.3 is 0 Å². The molecule has 0 unspecified atom stereocenters. The highest BCUT2D eigenvalue weighted by Gasteiger charge is 2.33. The molecule has 3 rings (SSSR count). The largest absolute Gasteiger partial charge is 0.337 e. The molecule has 3 amide bonds. The third-order valence-electron chi connectivity index (χ3n) is 3.95. The predicted octanol–water partition coefficient (Wildman–Crippen LogP) is 2.18. The minimum Gasteiger partial charge on any atom is -0.337 e. The maximum atomic E-state index is 12.5. The van der Waals surface area contributed by atoms with Crippen molar-refractivity contribution in [3.63, 3.8) is 0 Å². The quantitative estimate of drug-likeness (QED) is 0.817. The molecule has 5 heteroatoms. The summed E-state index contributed by atoms with van der Waals surface area (Å²) in [4.78, 5) is 39.1. The van der Waals surface area contributed by atoms with Crippen molar-refractivity contribution in [3.8, 4) is 0 Å². The Morgan fingerprint density at radius 3 is 2.35 bits per heavy atom. The van der Waals surface area contributed by atoms with Crippen LogP contribution in [0.25, 0.3) is 0 Å². The number of amides is 3. The molecule has 0 aliphatic carbocycles. The molecule has 5 nitrogen and oxygen atoms in total. The van der Waals surface area contributed by atoms with Crippen molar-refractivity contribution in [2.75, 3.05) is 14.1 Å². The maximum Gasteiger partial charge on any atom is 0.261 e. The molecule has 0 radical (unpaired) electrons. The molecule has 0 spiro atoms. The van der Waals surface area contributed by atoms with Crippen LogP contribution in [0.15, 0.2) is 48.5 Å². The highest BCUT2D eigenvalue weighted by atomic mass is 16.2. The van der Waals surface area contributed by atoms with Gasteiger partial charge in [0.05, 0.1) is 11.1 Å². The topological polar surface area (TPSA) is 57.7 Å². The Kier molecular flexibility index (Phi) is 3.70. The van der Waals surface area contributed by atoms with Crippen LogP contribution in [0.1, 0.15) is 36.6 Å². The molecule has 0 bridgehead atoms. The average Bonchev–Trinajstić information content (AvgIpc) is 2.79. The second-order valence-corrected chi connectivity index (χ2v) is 5.58. The third-order valence-corrected chi connectivity index (χ3v) is 3.95. The monoisotopic (exact) mass is 308 g/mol. The van der Waals surface area contributed by atoms with Crippen LogP contribution >= 0.6 is 0 Å². The minimum atomic E-state index is -0.370. The summed E-state index contributed by atoms with van der Waals surface area (Å²) in [6.45, 7) is 0.476. The van der Waals surface area contributed by atoms with Crippen LogP contribution in [0, 0.1) is 0 Å². The highest BCUT2D eigenvalue weighted by Crippen LogP contribution is 2.23. The van der Waals surface area contributed by atoms with Crippen molar-refractivity contribution in [1.29, 1.82) is 0 Å². The number of benzene rings is 2. The first-order valence-corrected chi connectivity index (χ1v) is 7.25. The van der Waals surface area contributed by atoms with E-state index < -0.39 is 0 Å². The molecule has 0 N–H and O–H groups in total. The Labute approximate surface area is 134 Å². The summed E-state index contributed by atoms with van der Waals surface area (Å²) in [5.74, 6) is -0.890. The van der Waals surface area contributed by atoms with E-state index in [0.29, 0.717) is 17.7 Å². The van der Waals surface area contributed by atoms with Crippen LogP contribution in [0.5, 0.6) is 0 Å². The SMILES string of the molecule is CN(Cc1ccccc1)C(=O)c1ccc2c(c1)C(=O)N(C)C2=O. The van der Waals surface area contributed by atoms with Gasteiger partial charge in [-0.25, -0.2) is 0 Å². The van der Waals surface area contributed by atoms with Gasteiger partial charge in [-0.3, -0.25) is 19.3 Å². The van der Waals surface area contributed by atoms with Gasteiger partial charge in [-0.2, -0.15) is 0 Å².